The van der Waals surface area contributed by atoms with Crippen LogP contribution in [-0.2, 0) is 14.8 Å². The lowest BCUT2D eigenvalue weighted by Crippen LogP contribution is -2.48. The van der Waals surface area contributed by atoms with Crippen molar-refractivity contribution in [1.29, 1.82) is 0 Å². The van der Waals surface area contributed by atoms with Gasteiger partial charge in [0.25, 0.3) is 0 Å². The zero-order chi connectivity index (χ0) is 21.7. The number of rotatable bonds is 7. The van der Waals surface area contributed by atoms with E-state index >= 15 is 0 Å². The van der Waals surface area contributed by atoms with Gasteiger partial charge in [-0.05, 0) is 50.8 Å². The van der Waals surface area contributed by atoms with E-state index in [0.717, 1.165) is 32.5 Å². The summed E-state index contributed by atoms with van der Waals surface area (Å²) in [7, 11) is -3.78. The topological polar surface area (TPSA) is 69.7 Å². The summed E-state index contributed by atoms with van der Waals surface area (Å²) in [4.78, 5) is 15.1. The number of hydrogen-bond acceptors (Lipinski definition) is 4. The zero-order valence-electron chi connectivity index (χ0n) is 17.4. The molecular formula is C21H31Cl2N3O3S. The molecule has 1 amide bonds. The molecule has 168 valence electrons. The summed E-state index contributed by atoms with van der Waals surface area (Å²) in [5.74, 6) is -0.105. The Hall–Kier alpha value is -0.860. The van der Waals surface area contributed by atoms with Crippen LogP contribution in [0.3, 0.4) is 0 Å². The van der Waals surface area contributed by atoms with Gasteiger partial charge in [-0.3, -0.25) is 4.79 Å². The number of hydrogen-bond donors (Lipinski definition) is 1. The summed E-state index contributed by atoms with van der Waals surface area (Å²) >= 11 is 12.2. The van der Waals surface area contributed by atoms with Crippen LogP contribution in [-0.4, -0.2) is 62.3 Å². The van der Waals surface area contributed by atoms with Gasteiger partial charge in [-0.2, -0.15) is 4.31 Å². The molecule has 0 radical (unpaired) electrons. The molecule has 1 aromatic carbocycles. The highest BCUT2D eigenvalue weighted by molar-refractivity contribution is 7.89. The number of carbonyl (C=O) groups is 1. The Morgan fingerprint density at radius 3 is 2.23 bits per heavy atom. The van der Waals surface area contributed by atoms with Crippen molar-refractivity contribution in [3.05, 3.63) is 28.2 Å². The lowest BCUT2D eigenvalue weighted by atomic mass is 9.96. The maximum absolute atomic E-state index is 13.0. The molecule has 2 heterocycles. The van der Waals surface area contributed by atoms with Gasteiger partial charge >= 0.3 is 0 Å². The van der Waals surface area contributed by atoms with E-state index in [0.29, 0.717) is 12.8 Å². The third-order valence-electron chi connectivity index (χ3n) is 6.10. The van der Waals surface area contributed by atoms with Crippen LogP contribution in [0.25, 0.3) is 0 Å². The van der Waals surface area contributed by atoms with Crippen LogP contribution < -0.4 is 5.32 Å². The van der Waals surface area contributed by atoms with Crippen molar-refractivity contribution in [2.45, 2.75) is 56.4 Å². The Morgan fingerprint density at radius 2 is 1.67 bits per heavy atom. The van der Waals surface area contributed by atoms with E-state index in [9.17, 15) is 13.2 Å². The van der Waals surface area contributed by atoms with Crippen LogP contribution in [0, 0.1) is 5.92 Å². The highest BCUT2D eigenvalue weighted by Crippen LogP contribution is 2.33. The molecule has 3 rings (SSSR count). The van der Waals surface area contributed by atoms with Gasteiger partial charge in [0.15, 0.2) is 0 Å². The normalized spacial score (nSPS) is 20.4. The lowest BCUT2D eigenvalue weighted by molar-refractivity contribution is -0.127. The van der Waals surface area contributed by atoms with Gasteiger partial charge in [0.2, 0.25) is 15.9 Å². The van der Waals surface area contributed by atoms with Crippen molar-refractivity contribution in [3.8, 4) is 0 Å². The molecule has 2 aliphatic rings. The lowest BCUT2D eigenvalue weighted by Gasteiger charge is -2.34. The summed E-state index contributed by atoms with van der Waals surface area (Å²) in [6.45, 7) is 5.97. The van der Waals surface area contributed by atoms with Crippen molar-refractivity contribution in [2.24, 2.45) is 5.92 Å². The van der Waals surface area contributed by atoms with E-state index in [1.807, 2.05) is 0 Å². The van der Waals surface area contributed by atoms with E-state index in [4.69, 9.17) is 23.2 Å². The van der Waals surface area contributed by atoms with Gasteiger partial charge in [0.1, 0.15) is 4.90 Å². The number of unbranched alkanes of at least 4 members (excludes halogenated alkanes) is 1. The largest absolute Gasteiger partial charge is 0.353 e. The van der Waals surface area contributed by atoms with Crippen LogP contribution in [0.5, 0.6) is 0 Å². The van der Waals surface area contributed by atoms with Crippen molar-refractivity contribution < 1.29 is 13.2 Å². The molecule has 1 aromatic rings. The molecule has 0 bridgehead atoms. The number of benzene rings is 1. The summed E-state index contributed by atoms with van der Waals surface area (Å²) in [6, 6.07) is 4.88. The first-order valence-electron chi connectivity index (χ1n) is 10.8. The summed E-state index contributed by atoms with van der Waals surface area (Å²) in [6.07, 6.45) is 5.39. The number of nitrogens with one attached hydrogen (secondary N) is 1. The minimum Gasteiger partial charge on any atom is -0.353 e. The molecule has 30 heavy (non-hydrogen) atoms. The Morgan fingerprint density at radius 1 is 1.07 bits per heavy atom. The van der Waals surface area contributed by atoms with Gasteiger partial charge in [0.05, 0.1) is 10.0 Å². The Labute approximate surface area is 189 Å². The minimum atomic E-state index is -3.78. The molecule has 0 aromatic heterocycles. The fraction of sp³-hybridized carbons (Fsp3) is 0.667. The smallest absolute Gasteiger partial charge is 0.246 e. The van der Waals surface area contributed by atoms with E-state index in [1.165, 1.54) is 29.3 Å². The second kappa shape index (κ2) is 10.6. The highest BCUT2D eigenvalue weighted by Gasteiger charge is 2.35. The number of piperidine rings is 2. The van der Waals surface area contributed by atoms with Crippen LogP contribution in [0.15, 0.2) is 23.1 Å². The van der Waals surface area contributed by atoms with Crippen LogP contribution in [0.1, 0.15) is 45.4 Å². The van der Waals surface area contributed by atoms with Crippen LogP contribution in [0.2, 0.25) is 10.0 Å². The zero-order valence-corrected chi connectivity index (χ0v) is 19.8. The monoisotopic (exact) mass is 475 g/mol. The van der Waals surface area contributed by atoms with E-state index in [2.05, 4.69) is 17.1 Å². The van der Waals surface area contributed by atoms with E-state index < -0.39 is 10.0 Å². The first-order valence-corrected chi connectivity index (χ1v) is 13.0. The average Bonchev–Trinajstić information content (AvgIpc) is 2.73. The molecule has 0 saturated carbocycles. The number of carbonyl (C=O) groups excluding carboxylic acids is 1. The molecule has 2 fully saturated rings. The van der Waals surface area contributed by atoms with Gasteiger partial charge < -0.3 is 10.2 Å². The SMILES string of the molecule is CCCCN1CCC(NC(=O)C2CCN(S(=O)(=O)c3c(Cl)cccc3Cl)CC2)CC1. The number of likely N-dealkylation sites (tertiary alicyclic amines) is 1. The van der Waals surface area contributed by atoms with Gasteiger partial charge in [-0.1, -0.05) is 42.6 Å². The third kappa shape index (κ3) is 5.68. The molecule has 6 nitrogen and oxygen atoms in total. The summed E-state index contributed by atoms with van der Waals surface area (Å²) in [5, 5.41) is 3.43. The number of nitrogens with zero attached hydrogens (tertiary/aromatic N) is 2. The average molecular weight is 476 g/mol. The molecule has 9 heteroatoms. The predicted molar refractivity (Wildman–Crippen MR) is 120 cm³/mol. The maximum Gasteiger partial charge on any atom is 0.246 e. The molecule has 2 aliphatic heterocycles. The number of sulfonamides is 1. The van der Waals surface area contributed by atoms with Crippen molar-refractivity contribution in [3.63, 3.8) is 0 Å². The van der Waals surface area contributed by atoms with Gasteiger partial charge in [-0.15, -0.1) is 0 Å². The first-order chi connectivity index (χ1) is 14.3. The fourth-order valence-electron chi connectivity index (χ4n) is 4.22. The Balaban J connectivity index is 1.50. The predicted octanol–water partition coefficient (Wildman–Crippen LogP) is 3.77. The second-order valence-corrected chi connectivity index (χ2v) is 10.9. The quantitative estimate of drug-likeness (QED) is 0.651. The molecule has 0 unspecified atom stereocenters. The number of halogens is 2. The highest BCUT2D eigenvalue weighted by atomic mass is 35.5. The molecule has 1 N–H and O–H groups in total. The van der Waals surface area contributed by atoms with Gasteiger partial charge in [-0.25, -0.2) is 8.42 Å². The standard InChI is InChI=1S/C21H31Cl2N3O3S/c1-2-3-11-25-12-9-17(10-13-25)24-21(27)16-7-14-26(15-8-16)30(28,29)20-18(22)5-4-6-19(20)23/h4-6,16-17H,2-3,7-15H2,1H3,(H,24,27). The molecule has 0 aliphatic carbocycles. The van der Waals surface area contributed by atoms with Crippen molar-refractivity contribution >= 4 is 39.1 Å². The van der Waals surface area contributed by atoms with E-state index in [-0.39, 0.29) is 45.9 Å². The molecule has 2 saturated heterocycles. The Kier molecular flexibility index (Phi) is 8.44. The van der Waals surface area contributed by atoms with Crippen LogP contribution >= 0.6 is 23.2 Å². The third-order valence-corrected chi connectivity index (χ3v) is 8.96. The minimum absolute atomic E-state index is 0.0499. The molecule has 0 atom stereocenters. The molecular weight excluding hydrogens is 445 g/mol. The van der Waals surface area contributed by atoms with Gasteiger partial charge in [0, 0.05) is 38.1 Å². The molecule has 0 spiro atoms. The first kappa shape index (κ1) is 23.8. The number of amides is 1. The maximum atomic E-state index is 13.0. The van der Waals surface area contributed by atoms with E-state index in [1.54, 1.807) is 6.07 Å². The van der Waals surface area contributed by atoms with Crippen molar-refractivity contribution in [2.75, 3.05) is 32.7 Å². The van der Waals surface area contributed by atoms with Crippen LogP contribution in [0.4, 0.5) is 0 Å². The van der Waals surface area contributed by atoms with Crippen molar-refractivity contribution in [1.82, 2.24) is 14.5 Å². The summed E-state index contributed by atoms with van der Waals surface area (Å²) in [5.41, 5.74) is 0. The summed E-state index contributed by atoms with van der Waals surface area (Å²) < 4.78 is 27.3. The second-order valence-electron chi connectivity index (χ2n) is 8.21. The fourth-order valence-corrected chi connectivity index (χ4v) is 6.78. The Bertz CT molecular complexity index is 814.